The summed E-state index contributed by atoms with van der Waals surface area (Å²) in [5.74, 6) is 2.56. The third-order valence-electron chi connectivity index (χ3n) is 1.01. The number of aliphatic imine (C=N–C) groups is 2. The molecule has 1 heterocycles. The molecule has 1 aliphatic rings. The minimum Gasteiger partial charge on any atom is -0.396 e. The van der Waals surface area contributed by atoms with E-state index in [1.54, 1.807) is 0 Å². The van der Waals surface area contributed by atoms with Crippen LogP contribution in [0, 0.1) is 0 Å². The molecular formula is C6H7N3. The molecule has 0 amide bonds. The fraction of sp³-hybridized carbons (Fsp3) is 0.167. The smallest absolute Gasteiger partial charge is 0.0885 e. The quantitative estimate of drug-likeness (QED) is 0.496. The largest absolute Gasteiger partial charge is 0.396 e. The van der Waals surface area contributed by atoms with Gasteiger partial charge in [-0.15, -0.1) is 0 Å². The maximum atomic E-state index is 5.45. The van der Waals surface area contributed by atoms with Gasteiger partial charge in [0.05, 0.1) is 23.8 Å². The van der Waals surface area contributed by atoms with E-state index in [1.807, 2.05) is 6.92 Å². The van der Waals surface area contributed by atoms with Gasteiger partial charge in [0.2, 0.25) is 0 Å². The zero-order valence-corrected chi connectivity index (χ0v) is 5.13. The molecule has 0 bridgehead atoms. The van der Waals surface area contributed by atoms with Gasteiger partial charge in [0.25, 0.3) is 0 Å². The normalized spacial score (nSPS) is 16.6. The predicted octanol–water partition coefficient (Wildman–Crippen LogP) is 0.444. The molecule has 46 valence electrons. The molecule has 1 aliphatic heterocycles. The highest BCUT2D eigenvalue weighted by Crippen LogP contribution is 1.92. The summed E-state index contributed by atoms with van der Waals surface area (Å²) in [6.07, 6.45) is 3.02. The number of hydrogen-bond donors (Lipinski definition) is 1. The van der Waals surface area contributed by atoms with E-state index in [4.69, 9.17) is 5.73 Å². The van der Waals surface area contributed by atoms with Crippen molar-refractivity contribution >= 4 is 11.6 Å². The minimum atomic E-state index is 0.594. The zero-order valence-electron chi connectivity index (χ0n) is 5.13. The number of allylic oxidation sites excluding steroid dienone is 1. The van der Waals surface area contributed by atoms with E-state index in [0.29, 0.717) is 5.70 Å². The van der Waals surface area contributed by atoms with Crippen molar-refractivity contribution < 1.29 is 0 Å². The van der Waals surface area contributed by atoms with Crippen LogP contribution in [0.1, 0.15) is 6.92 Å². The Bertz CT molecular complexity index is 207. The summed E-state index contributed by atoms with van der Waals surface area (Å²) >= 11 is 0. The van der Waals surface area contributed by atoms with Crippen molar-refractivity contribution in [2.24, 2.45) is 15.7 Å². The van der Waals surface area contributed by atoms with Crippen LogP contribution in [-0.2, 0) is 0 Å². The van der Waals surface area contributed by atoms with Crippen LogP contribution in [0.2, 0.25) is 0 Å². The first-order valence-electron chi connectivity index (χ1n) is 2.58. The van der Waals surface area contributed by atoms with Crippen LogP contribution >= 0.6 is 0 Å². The second kappa shape index (κ2) is 2.29. The SMILES string of the molecule is CC1=NC=C=NC=C1N. The maximum Gasteiger partial charge on any atom is 0.0885 e. The molecule has 0 unspecified atom stereocenters. The highest BCUT2D eigenvalue weighted by atomic mass is 14.8. The molecule has 0 saturated heterocycles. The van der Waals surface area contributed by atoms with Gasteiger partial charge in [-0.3, -0.25) is 0 Å². The highest BCUT2D eigenvalue weighted by molar-refractivity contribution is 5.98. The predicted molar refractivity (Wildman–Crippen MR) is 37.4 cm³/mol. The Balaban J connectivity index is 3.01. The first kappa shape index (κ1) is 5.79. The molecule has 0 saturated carbocycles. The van der Waals surface area contributed by atoms with E-state index in [0.717, 1.165) is 5.71 Å². The van der Waals surface area contributed by atoms with Crippen molar-refractivity contribution in [1.82, 2.24) is 0 Å². The van der Waals surface area contributed by atoms with Crippen LogP contribution in [0.5, 0.6) is 0 Å². The Labute approximate surface area is 53.3 Å². The van der Waals surface area contributed by atoms with Crippen molar-refractivity contribution in [3.05, 3.63) is 18.1 Å². The van der Waals surface area contributed by atoms with Crippen LogP contribution in [0.15, 0.2) is 28.1 Å². The lowest BCUT2D eigenvalue weighted by molar-refractivity contribution is 1.39. The number of nitrogens with two attached hydrogens (primary N) is 1. The van der Waals surface area contributed by atoms with E-state index >= 15 is 0 Å². The summed E-state index contributed by atoms with van der Waals surface area (Å²) < 4.78 is 0. The van der Waals surface area contributed by atoms with Crippen LogP contribution < -0.4 is 5.73 Å². The third kappa shape index (κ3) is 1.27. The Morgan fingerprint density at radius 2 is 2.44 bits per heavy atom. The van der Waals surface area contributed by atoms with Crippen molar-refractivity contribution in [2.75, 3.05) is 0 Å². The number of nitrogens with zero attached hydrogens (tertiary/aromatic N) is 2. The van der Waals surface area contributed by atoms with Gasteiger partial charge >= 0.3 is 0 Å². The topological polar surface area (TPSA) is 50.7 Å². The lowest BCUT2D eigenvalue weighted by Gasteiger charge is -1.92. The minimum absolute atomic E-state index is 0.594. The average Bonchev–Trinajstić information content (AvgIpc) is 1.99. The van der Waals surface area contributed by atoms with Gasteiger partial charge in [-0.25, -0.2) is 9.98 Å². The van der Waals surface area contributed by atoms with Gasteiger partial charge in [0, 0.05) is 5.87 Å². The molecule has 1 rings (SSSR count). The average molecular weight is 121 g/mol. The number of hydrogen-bond acceptors (Lipinski definition) is 3. The molecule has 0 aromatic carbocycles. The van der Waals surface area contributed by atoms with Gasteiger partial charge in [-0.05, 0) is 6.92 Å². The molecule has 0 atom stereocenters. The Hall–Kier alpha value is -1.34. The number of rotatable bonds is 0. The summed E-state index contributed by atoms with van der Waals surface area (Å²) in [5.41, 5.74) is 6.83. The third-order valence-corrected chi connectivity index (χ3v) is 1.01. The fourth-order valence-electron chi connectivity index (χ4n) is 0.434. The summed E-state index contributed by atoms with van der Waals surface area (Å²) in [4.78, 5) is 7.59. The van der Waals surface area contributed by atoms with Crippen LogP contribution in [0.3, 0.4) is 0 Å². The molecule has 2 N–H and O–H groups in total. The van der Waals surface area contributed by atoms with Gasteiger partial charge in [-0.2, -0.15) is 0 Å². The summed E-state index contributed by atoms with van der Waals surface area (Å²) in [7, 11) is 0. The van der Waals surface area contributed by atoms with Gasteiger partial charge in [-0.1, -0.05) is 0 Å². The molecule has 0 aromatic rings. The maximum absolute atomic E-state index is 5.45. The van der Waals surface area contributed by atoms with Gasteiger partial charge < -0.3 is 5.73 Å². The summed E-state index contributed by atoms with van der Waals surface area (Å²) in [6.45, 7) is 1.82. The molecule has 0 radical (unpaired) electrons. The highest BCUT2D eigenvalue weighted by Gasteiger charge is 1.93. The molecule has 3 heteroatoms. The van der Waals surface area contributed by atoms with Crippen molar-refractivity contribution in [1.29, 1.82) is 0 Å². The molecule has 3 nitrogen and oxygen atoms in total. The first-order valence-corrected chi connectivity index (χ1v) is 2.58. The summed E-state index contributed by atoms with van der Waals surface area (Å²) in [5, 5.41) is 0. The van der Waals surface area contributed by atoms with E-state index in [1.165, 1.54) is 12.4 Å². The first-order chi connectivity index (χ1) is 4.30. The molecule has 0 spiro atoms. The second-order valence-electron chi connectivity index (χ2n) is 1.69. The second-order valence-corrected chi connectivity index (χ2v) is 1.69. The van der Waals surface area contributed by atoms with E-state index in [9.17, 15) is 0 Å². The van der Waals surface area contributed by atoms with Gasteiger partial charge in [0.15, 0.2) is 0 Å². The molecule has 0 aliphatic carbocycles. The standard InChI is InChI=1S/C6H7N3/c1-5-6(7)4-8-2-3-9-5/h3-4H,7H2,1H3. The Morgan fingerprint density at radius 3 is 3.22 bits per heavy atom. The lowest BCUT2D eigenvalue weighted by Crippen LogP contribution is -2.05. The molecule has 9 heavy (non-hydrogen) atoms. The van der Waals surface area contributed by atoms with Gasteiger partial charge in [0.1, 0.15) is 0 Å². The molecular weight excluding hydrogens is 114 g/mol. The van der Waals surface area contributed by atoms with Crippen molar-refractivity contribution in [3.63, 3.8) is 0 Å². The van der Waals surface area contributed by atoms with Crippen LogP contribution in [0.4, 0.5) is 0 Å². The monoisotopic (exact) mass is 121 g/mol. The Kier molecular flexibility index (Phi) is 1.47. The van der Waals surface area contributed by atoms with Crippen molar-refractivity contribution in [3.8, 4) is 0 Å². The van der Waals surface area contributed by atoms with Crippen LogP contribution in [-0.4, -0.2) is 11.6 Å². The van der Waals surface area contributed by atoms with E-state index in [2.05, 4.69) is 15.9 Å². The zero-order chi connectivity index (χ0) is 6.69. The fourth-order valence-corrected chi connectivity index (χ4v) is 0.434. The van der Waals surface area contributed by atoms with Crippen molar-refractivity contribution in [2.45, 2.75) is 6.92 Å². The Morgan fingerprint density at radius 1 is 1.67 bits per heavy atom. The summed E-state index contributed by atoms with van der Waals surface area (Å²) in [6, 6.07) is 0. The van der Waals surface area contributed by atoms with E-state index < -0.39 is 0 Å². The van der Waals surface area contributed by atoms with Crippen LogP contribution in [0.25, 0.3) is 0 Å². The molecule has 0 fully saturated rings. The van der Waals surface area contributed by atoms with E-state index in [-0.39, 0.29) is 0 Å². The lowest BCUT2D eigenvalue weighted by atomic mass is 10.3. The molecule has 0 aromatic heterocycles.